The van der Waals surface area contributed by atoms with E-state index in [2.05, 4.69) is 10.1 Å². The summed E-state index contributed by atoms with van der Waals surface area (Å²) in [5, 5.41) is 2.37. The standard InChI is InChI=1S/C19H20F3NO3/c1-4-12-9-15(20)17(8-11(12)2)26-10-14-13(18(21)22)6-5-7-16(14)23-19(24)25-3/h5-9,18H,4,10H2,1-3H3,(H,23,24). The molecule has 0 spiro atoms. The van der Waals surface area contributed by atoms with Crippen molar-refractivity contribution in [3.05, 3.63) is 58.4 Å². The maximum Gasteiger partial charge on any atom is 0.411 e. The quantitative estimate of drug-likeness (QED) is 0.744. The van der Waals surface area contributed by atoms with Gasteiger partial charge < -0.3 is 9.47 Å². The Morgan fingerprint density at radius 2 is 2.00 bits per heavy atom. The molecule has 4 nitrogen and oxygen atoms in total. The van der Waals surface area contributed by atoms with Crippen molar-refractivity contribution >= 4 is 11.8 Å². The molecule has 0 aliphatic rings. The molecular weight excluding hydrogens is 347 g/mol. The van der Waals surface area contributed by atoms with Gasteiger partial charge in [0.15, 0.2) is 11.6 Å². The fraction of sp³-hybridized carbons (Fsp3) is 0.316. The first-order valence-corrected chi connectivity index (χ1v) is 8.04. The normalized spacial score (nSPS) is 10.7. The molecule has 2 aromatic carbocycles. The largest absolute Gasteiger partial charge is 0.486 e. The lowest BCUT2D eigenvalue weighted by molar-refractivity contribution is 0.148. The zero-order valence-corrected chi connectivity index (χ0v) is 14.7. The number of aryl methyl sites for hydroxylation is 2. The average Bonchev–Trinajstić information content (AvgIpc) is 2.62. The van der Waals surface area contributed by atoms with Crippen LogP contribution >= 0.6 is 0 Å². The van der Waals surface area contributed by atoms with Crippen LogP contribution in [0.1, 0.15) is 35.6 Å². The summed E-state index contributed by atoms with van der Waals surface area (Å²) >= 11 is 0. The molecule has 0 saturated heterocycles. The van der Waals surface area contributed by atoms with Gasteiger partial charge in [-0.25, -0.2) is 18.0 Å². The minimum Gasteiger partial charge on any atom is -0.486 e. The third-order valence-corrected chi connectivity index (χ3v) is 4.01. The summed E-state index contributed by atoms with van der Waals surface area (Å²) in [4.78, 5) is 11.4. The van der Waals surface area contributed by atoms with Gasteiger partial charge in [0.2, 0.25) is 0 Å². The maximum atomic E-state index is 14.2. The van der Waals surface area contributed by atoms with Crippen LogP contribution in [0.2, 0.25) is 0 Å². The van der Waals surface area contributed by atoms with Gasteiger partial charge in [-0.05, 0) is 42.7 Å². The van der Waals surface area contributed by atoms with E-state index < -0.39 is 18.3 Å². The summed E-state index contributed by atoms with van der Waals surface area (Å²) in [6.07, 6.45) is -2.90. The Labute approximate surface area is 149 Å². The lowest BCUT2D eigenvalue weighted by atomic mass is 10.1. The van der Waals surface area contributed by atoms with Crippen molar-refractivity contribution in [3.8, 4) is 5.75 Å². The second kappa shape index (κ2) is 8.60. The van der Waals surface area contributed by atoms with Crippen molar-refractivity contribution in [3.63, 3.8) is 0 Å². The van der Waals surface area contributed by atoms with Crippen molar-refractivity contribution in [1.82, 2.24) is 0 Å². The number of amides is 1. The first-order chi connectivity index (χ1) is 12.4. The molecule has 0 radical (unpaired) electrons. The summed E-state index contributed by atoms with van der Waals surface area (Å²) in [7, 11) is 1.16. The smallest absolute Gasteiger partial charge is 0.411 e. The number of halogens is 3. The molecule has 1 amide bonds. The Kier molecular flexibility index (Phi) is 6.49. The highest BCUT2D eigenvalue weighted by Crippen LogP contribution is 2.31. The molecular formula is C19H20F3NO3. The topological polar surface area (TPSA) is 47.6 Å². The van der Waals surface area contributed by atoms with Crippen LogP contribution in [0.25, 0.3) is 0 Å². The predicted molar refractivity (Wildman–Crippen MR) is 92.3 cm³/mol. The number of nitrogens with one attached hydrogen (secondary N) is 1. The molecule has 0 aliphatic heterocycles. The SMILES string of the molecule is CCc1cc(F)c(OCc2c(NC(=O)OC)cccc2C(F)F)cc1C. The number of rotatable bonds is 6. The van der Waals surface area contributed by atoms with Crippen LogP contribution in [0.5, 0.6) is 5.75 Å². The van der Waals surface area contributed by atoms with E-state index >= 15 is 0 Å². The highest BCUT2D eigenvalue weighted by atomic mass is 19.3. The number of ether oxygens (including phenoxy) is 2. The van der Waals surface area contributed by atoms with E-state index in [1.165, 1.54) is 30.3 Å². The van der Waals surface area contributed by atoms with Gasteiger partial charge in [0.1, 0.15) is 6.61 Å². The lowest BCUT2D eigenvalue weighted by Crippen LogP contribution is -2.14. The van der Waals surface area contributed by atoms with E-state index in [0.717, 1.165) is 18.2 Å². The van der Waals surface area contributed by atoms with Crippen LogP contribution in [-0.2, 0) is 17.8 Å². The Hall–Kier alpha value is -2.70. The molecule has 0 fully saturated rings. The first kappa shape index (κ1) is 19.6. The zero-order valence-electron chi connectivity index (χ0n) is 14.7. The monoisotopic (exact) mass is 367 g/mol. The number of hydrogen-bond donors (Lipinski definition) is 1. The van der Waals surface area contributed by atoms with Crippen molar-refractivity contribution < 1.29 is 27.4 Å². The van der Waals surface area contributed by atoms with Crippen LogP contribution in [0.15, 0.2) is 30.3 Å². The molecule has 0 aromatic heterocycles. The Morgan fingerprint density at radius 1 is 1.27 bits per heavy atom. The van der Waals surface area contributed by atoms with Gasteiger partial charge in [-0.1, -0.05) is 19.1 Å². The van der Waals surface area contributed by atoms with Crippen molar-refractivity contribution in [2.45, 2.75) is 33.3 Å². The Balaban J connectivity index is 2.33. The van der Waals surface area contributed by atoms with Crippen molar-refractivity contribution in [2.75, 3.05) is 12.4 Å². The van der Waals surface area contributed by atoms with Crippen molar-refractivity contribution in [1.29, 1.82) is 0 Å². The van der Waals surface area contributed by atoms with E-state index in [1.807, 2.05) is 13.8 Å². The van der Waals surface area contributed by atoms with E-state index in [1.54, 1.807) is 0 Å². The van der Waals surface area contributed by atoms with Gasteiger partial charge in [0, 0.05) is 11.1 Å². The molecule has 0 heterocycles. The van der Waals surface area contributed by atoms with Gasteiger partial charge in [0.25, 0.3) is 6.43 Å². The van der Waals surface area contributed by atoms with Gasteiger partial charge in [-0.15, -0.1) is 0 Å². The molecule has 0 saturated carbocycles. The maximum absolute atomic E-state index is 14.2. The molecule has 2 rings (SSSR count). The highest BCUT2D eigenvalue weighted by molar-refractivity contribution is 5.85. The van der Waals surface area contributed by atoms with Crippen LogP contribution in [-0.4, -0.2) is 13.2 Å². The molecule has 2 aromatic rings. The lowest BCUT2D eigenvalue weighted by Gasteiger charge is -2.16. The number of anilines is 1. The number of methoxy groups -OCH3 is 1. The molecule has 0 unspecified atom stereocenters. The molecule has 0 atom stereocenters. The third-order valence-electron chi connectivity index (χ3n) is 4.01. The molecule has 7 heteroatoms. The minimum absolute atomic E-state index is 0.0345. The summed E-state index contributed by atoms with van der Waals surface area (Å²) in [5.74, 6) is -0.600. The van der Waals surface area contributed by atoms with Crippen molar-refractivity contribution in [2.24, 2.45) is 0 Å². The highest BCUT2D eigenvalue weighted by Gasteiger charge is 2.19. The molecule has 1 N–H and O–H groups in total. The number of hydrogen-bond acceptors (Lipinski definition) is 3. The van der Waals surface area contributed by atoms with E-state index in [9.17, 15) is 18.0 Å². The molecule has 140 valence electrons. The summed E-state index contributed by atoms with van der Waals surface area (Å²) < 4.78 is 50.8. The van der Waals surface area contributed by atoms with Crippen LogP contribution in [0, 0.1) is 12.7 Å². The summed E-state index contributed by atoms with van der Waals surface area (Å²) in [5.41, 5.74) is 1.57. The summed E-state index contributed by atoms with van der Waals surface area (Å²) in [6.45, 7) is 3.40. The number of benzene rings is 2. The fourth-order valence-corrected chi connectivity index (χ4v) is 2.59. The van der Waals surface area contributed by atoms with Crippen LogP contribution in [0.4, 0.5) is 23.7 Å². The summed E-state index contributed by atoms with van der Waals surface area (Å²) in [6, 6.07) is 6.97. The Bertz CT molecular complexity index is 794. The molecule has 0 aliphatic carbocycles. The predicted octanol–water partition coefficient (Wildman–Crippen LogP) is 5.39. The molecule has 0 bridgehead atoms. The Morgan fingerprint density at radius 3 is 2.62 bits per heavy atom. The third kappa shape index (κ3) is 4.47. The number of carbonyl (C=O) groups is 1. The van der Waals surface area contributed by atoms with E-state index in [0.29, 0.717) is 6.42 Å². The van der Waals surface area contributed by atoms with E-state index in [4.69, 9.17) is 4.74 Å². The van der Waals surface area contributed by atoms with Crippen LogP contribution < -0.4 is 10.1 Å². The van der Waals surface area contributed by atoms with Gasteiger partial charge in [0.05, 0.1) is 12.8 Å². The van der Waals surface area contributed by atoms with E-state index in [-0.39, 0.29) is 29.2 Å². The van der Waals surface area contributed by atoms with Gasteiger partial charge in [-0.3, -0.25) is 5.32 Å². The number of carbonyl (C=O) groups excluding carboxylic acids is 1. The fourth-order valence-electron chi connectivity index (χ4n) is 2.59. The molecule has 26 heavy (non-hydrogen) atoms. The second-order valence-corrected chi connectivity index (χ2v) is 5.64. The number of alkyl halides is 2. The van der Waals surface area contributed by atoms with Crippen LogP contribution in [0.3, 0.4) is 0 Å². The average molecular weight is 367 g/mol. The first-order valence-electron chi connectivity index (χ1n) is 8.04. The zero-order chi connectivity index (χ0) is 19.3. The minimum atomic E-state index is -2.78. The van der Waals surface area contributed by atoms with Gasteiger partial charge >= 0.3 is 6.09 Å². The van der Waals surface area contributed by atoms with Gasteiger partial charge in [-0.2, -0.15) is 0 Å². The second-order valence-electron chi connectivity index (χ2n) is 5.64.